The van der Waals surface area contributed by atoms with Gasteiger partial charge in [-0.1, -0.05) is 285 Å². The van der Waals surface area contributed by atoms with E-state index < -0.39 is 10.8 Å². The van der Waals surface area contributed by atoms with Crippen LogP contribution in [0.25, 0.3) is 150 Å². The van der Waals surface area contributed by atoms with Gasteiger partial charge < -0.3 is 14.6 Å². The molecule has 0 saturated carbocycles. The van der Waals surface area contributed by atoms with Crippen molar-refractivity contribution in [1.29, 1.82) is 0 Å². The maximum absolute atomic E-state index is 10.0. The van der Waals surface area contributed by atoms with Crippen LogP contribution in [0.5, 0.6) is 5.75 Å². The highest BCUT2D eigenvalue weighted by Crippen LogP contribution is 2.65. The quantitative estimate of drug-likeness (QED) is 0.148. The van der Waals surface area contributed by atoms with Gasteiger partial charge in [-0.2, -0.15) is 8.75 Å². The lowest BCUT2D eigenvalue weighted by molar-refractivity contribution is 0.475. The fourth-order valence-electron chi connectivity index (χ4n) is 19.4. The second kappa shape index (κ2) is 24.0. The lowest BCUT2D eigenvalue weighted by atomic mass is 9.70. The first-order valence-electron chi connectivity index (χ1n) is 37.7. The van der Waals surface area contributed by atoms with E-state index in [4.69, 9.17) is 8.75 Å². The van der Waals surface area contributed by atoms with Gasteiger partial charge in [0.15, 0.2) is 0 Å². The molecule has 0 atom stereocenters. The number of phenols is 1. The summed E-state index contributed by atoms with van der Waals surface area (Å²) >= 11 is 1.24. The predicted octanol–water partition coefficient (Wildman–Crippen LogP) is 26.7. The Labute approximate surface area is 640 Å². The normalized spacial score (nSPS) is 13.3. The molecule has 23 rings (SSSR count). The number of hydrogen-bond acceptors (Lipinski definition) is 5. The number of benzene rings is 17. The maximum Gasteiger partial charge on any atom is 0.129 e. The fraction of sp³-hybridized carbons (Fsp3) is 0.0192. The van der Waals surface area contributed by atoms with E-state index in [-0.39, 0.29) is 5.75 Å². The molecule has 0 unspecified atom stereocenters. The van der Waals surface area contributed by atoms with Crippen molar-refractivity contribution in [3.8, 4) is 123 Å². The van der Waals surface area contributed by atoms with Gasteiger partial charge in [0.1, 0.15) is 16.8 Å². The van der Waals surface area contributed by atoms with Crippen LogP contribution in [-0.4, -0.2) is 18.4 Å². The number of para-hydroxylation sites is 1. The Morgan fingerprint density at radius 1 is 0.245 bits per heavy atom. The lowest BCUT2D eigenvalue weighted by Gasteiger charge is -2.30. The molecule has 2 spiro atoms. The van der Waals surface area contributed by atoms with Crippen molar-refractivity contribution in [2.45, 2.75) is 10.8 Å². The molecule has 1 N–H and O–H groups in total. The molecule has 0 radical (unpaired) electrons. The van der Waals surface area contributed by atoms with Gasteiger partial charge in [0.2, 0.25) is 0 Å². The van der Waals surface area contributed by atoms with Gasteiger partial charge >= 0.3 is 0 Å². The molecule has 19 aromatic rings. The summed E-state index contributed by atoms with van der Waals surface area (Å²) < 4.78 is 12.5. The highest BCUT2D eigenvalue weighted by molar-refractivity contribution is 7.00. The van der Waals surface area contributed by atoms with Crippen molar-refractivity contribution < 1.29 is 5.11 Å². The van der Waals surface area contributed by atoms with Crippen molar-refractivity contribution in [2.75, 3.05) is 4.90 Å². The van der Waals surface area contributed by atoms with E-state index >= 15 is 0 Å². The molecule has 4 aliphatic rings. The molecule has 2 heterocycles. The molecular weight excluding hydrogens is 1350 g/mol. The zero-order chi connectivity index (χ0) is 72.3. The van der Waals surface area contributed by atoms with Gasteiger partial charge in [-0.3, -0.25) is 0 Å². The SMILES string of the molecule is Oc1ccc(-c2ccc(N(c3ccccc3)c3ccc(-c4ccc(-n5c6ccc(-c7ccc(-c8ccc9c(c8)C8(c%10ccccc%10-c%10ccccc%108)c8ccccc8-9)cc7)cc6c6cc(-c7ccc(-c8ccc9c(c8)C8(c%10ccccc%10-c%10ccccc%108)c8ccccc8-9)cc7)ccc65)cc4)c4nsnc34)cc2)cc1. The third-order valence-electron chi connectivity index (χ3n) is 24.3. The van der Waals surface area contributed by atoms with Gasteiger partial charge in [0.05, 0.1) is 39.3 Å². The van der Waals surface area contributed by atoms with Crippen molar-refractivity contribution in [3.05, 3.63) is 427 Å². The van der Waals surface area contributed by atoms with Crippen LogP contribution < -0.4 is 4.90 Å². The predicted molar refractivity (Wildman–Crippen MR) is 453 cm³/mol. The number of phenolic OH excluding ortho intramolecular Hbond substituents is 1. The van der Waals surface area contributed by atoms with Gasteiger partial charge in [-0.15, -0.1) is 0 Å². The van der Waals surface area contributed by atoms with E-state index in [1.165, 1.54) is 134 Å². The minimum Gasteiger partial charge on any atom is -0.508 e. The van der Waals surface area contributed by atoms with E-state index in [9.17, 15) is 5.11 Å². The Morgan fingerprint density at radius 2 is 0.555 bits per heavy atom. The summed E-state index contributed by atoms with van der Waals surface area (Å²) in [6.07, 6.45) is 0. The van der Waals surface area contributed by atoms with Gasteiger partial charge in [0, 0.05) is 33.4 Å². The molecule has 0 bridgehead atoms. The second-order valence-electron chi connectivity index (χ2n) is 29.7. The number of fused-ring (bicyclic) bond motifs is 24. The zero-order valence-corrected chi connectivity index (χ0v) is 60.3. The molecule has 0 fully saturated rings. The molecule has 2 aromatic heterocycles. The topological polar surface area (TPSA) is 54.2 Å². The molecular formula is C104H64N4OS. The fourth-order valence-corrected chi connectivity index (χ4v) is 20.0. The van der Waals surface area contributed by atoms with Gasteiger partial charge in [0.25, 0.3) is 0 Å². The summed E-state index contributed by atoms with van der Waals surface area (Å²) in [4.78, 5) is 2.26. The minimum absolute atomic E-state index is 0.246. The van der Waals surface area contributed by atoms with Crippen molar-refractivity contribution in [3.63, 3.8) is 0 Å². The summed E-state index contributed by atoms with van der Waals surface area (Å²) in [6.45, 7) is 0. The molecule has 17 aromatic carbocycles. The number of aromatic hydroxyl groups is 1. The molecule has 5 nitrogen and oxygen atoms in total. The lowest BCUT2D eigenvalue weighted by Crippen LogP contribution is -2.25. The Hall–Kier alpha value is -14.0. The first kappa shape index (κ1) is 62.2. The Morgan fingerprint density at radius 3 is 0.982 bits per heavy atom. The highest BCUT2D eigenvalue weighted by Gasteiger charge is 2.53. The maximum atomic E-state index is 10.0. The Bertz CT molecular complexity index is 6590. The van der Waals surface area contributed by atoms with Crippen LogP contribution in [0.4, 0.5) is 17.1 Å². The van der Waals surface area contributed by atoms with Gasteiger partial charge in [-0.05, 0) is 247 Å². The van der Waals surface area contributed by atoms with E-state index in [0.29, 0.717) is 0 Å². The summed E-state index contributed by atoms with van der Waals surface area (Å²) in [5, 5.41) is 12.4. The van der Waals surface area contributed by atoms with Crippen LogP contribution in [0, 0.1) is 0 Å². The number of anilines is 3. The van der Waals surface area contributed by atoms with Crippen LogP contribution in [0.15, 0.2) is 382 Å². The molecule has 0 amide bonds. The Balaban J connectivity index is 0.618. The second-order valence-corrected chi connectivity index (χ2v) is 30.2. The molecule has 512 valence electrons. The Kier molecular flexibility index (Phi) is 13.6. The molecule has 0 aliphatic heterocycles. The summed E-state index contributed by atoms with van der Waals surface area (Å²) in [5.74, 6) is 0.246. The summed E-state index contributed by atoms with van der Waals surface area (Å²) in [6, 6.07) is 141. The number of hydrogen-bond donors (Lipinski definition) is 1. The van der Waals surface area contributed by atoms with Crippen LogP contribution >= 0.6 is 11.7 Å². The molecule has 6 heteroatoms. The molecule has 110 heavy (non-hydrogen) atoms. The largest absolute Gasteiger partial charge is 0.508 e. The third-order valence-corrected chi connectivity index (χ3v) is 24.8. The smallest absolute Gasteiger partial charge is 0.129 e. The highest BCUT2D eigenvalue weighted by atomic mass is 32.1. The summed E-state index contributed by atoms with van der Waals surface area (Å²) in [5.41, 5.74) is 41.9. The summed E-state index contributed by atoms with van der Waals surface area (Å²) in [7, 11) is 0. The van der Waals surface area contributed by atoms with Crippen molar-refractivity contribution in [2.24, 2.45) is 0 Å². The van der Waals surface area contributed by atoms with E-state index in [2.05, 4.69) is 361 Å². The third kappa shape index (κ3) is 8.96. The first-order valence-corrected chi connectivity index (χ1v) is 38.5. The number of rotatable bonds is 10. The van der Waals surface area contributed by atoms with Crippen LogP contribution in [0.3, 0.4) is 0 Å². The molecule has 0 saturated heterocycles. The zero-order valence-electron chi connectivity index (χ0n) is 59.5. The van der Waals surface area contributed by atoms with E-state index in [1.54, 1.807) is 12.1 Å². The van der Waals surface area contributed by atoms with Crippen LogP contribution in [0.2, 0.25) is 0 Å². The average molecular weight is 1420 g/mol. The first-order chi connectivity index (χ1) is 54.4. The number of aromatic nitrogens is 3. The van der Waals surface area contributed by atoms with E-state index in [0.717, 1.165) is 89.3 Å². The standard InChI is InChI=1S/C104H64N4OS/c109-78-52-42-65(43-53-78)64-38-48-76(49-39-64)107(75-16-2-1-3-17-75)100-59-56-79(101-102(100)106-110-105-101)70-40-50-77(51-41-70)108-98-57-46-71(66-30-34-68(35-31-66)73-44-54-86-84-22-8-14-28-94(84)103(96(86)62-73)90-24-10-4-18-80(90)81-19-5-11-25-91(81)103)60-88(98)89-61-72(47-58-99(89)108)67-32-36-69(37-33-67)74-45-55-87-85-23-9-15-29-95(85)104(97(87)63-74)92-26-12-6-20-82(92)83-21-7-13-27-93(83)104/h1-63,109H. The monoisotopic (exact) mass is 1420 g/mol. The van der Waals surface area contributed by atoms with Gasteiger partial charge in [-0.25, -0.2) is 0 Å². The molecule has 4 aliphatic carbocycles. The van der Waals surface area contributed by atoms with Crippen LogP contribution in [-0.2, 0) is 10.8 Å². The van der Waals surface area contributed by atoms with Crippen LogP contribution in [0.1, 0.15) is 44.5 Å². The number of nitrogens with zero attached hydrogens (tertiary/aromatic N) is 4. The average Bonchev–Trinajstić information content (AvgIpc) is 1.51. The van der Waals surface area contributed by atoms with E-state index in [1.807, 2.05) is 18.2 Å². The van der Waals surface area contributed by atoms with Crippen molar-refractivity contribution >= 4 is 61.6 Å². The minimum atomic E-state index is -0.412. The van der Waals surface area contributed by atoms with Crippen molar-refractivity contribution in [1.82, 2.24) is 13.3 Å².